The van der Waals surface area contributed by atoms with Crippen LogP contribution in [0.5, 0.6) is 0 Å². The summed E-state index contributed by atoms with van der Waals surface area (Å²) >= 11 is 3.66. The Morgan fingerprint density at radius 1 is 2.00 bits per heavy atom. The molecule has 1 nitrogen and oxygen atoms in total. The molecule has 3 heteroatoms. The molecule has 0 atom stereocenters. The molecular formula is C3H6OS2. The number of carbonyl (C=O) groups is 1. The van der Waals surface area contributed by atoms with Gasteiger partial charge in [0, 0.05) is 6.42 Å². The summed E-state index contributed by atoms with van der Waals surface area (Å²) in [7, 11) is 0.980. The fraction of sp³-hybridized carbons (Fsp3) is 0.667. The topological polar surface area (TPSA) is 17.1 Å². The Morgan fingerprint density at radius 3 is 2.50 bits per heavy atom. The summed E-state index contributed by atoms with van der Waals surface area (Å²) in [5, 5.41) is 0.123. The fourth-order valence-corrected chi connectivity index (χ4v) is 0.581. The Hall–Kier alpha value is 0.370. The Bertz CT molecular complexity index is 46.8. The van der Waals surface area contributed by atoms with Crippen molar-refractivity contribution in [2.75, 3.05) is 0 Å². The minimum atomic E-state index is 0.123. The van der Waals surface area contributed by atoms with Gasteiger partial charge in [-0.2, -0.15) is 0 Å². The molecule has 0 amide bonds. The average molecular weight is 122 g/mol. The molecule has 0 radical (unpaired) electrons. The predicted molar refractivity (Wildman–Crippen MR) is 31.9 cm³/mol. The van der Waals surface area contributed by atoms with Crippen molar-refractivity contribution < 1.29 is 4.79 Å². The molecule has 0 fully saturated rings. The van der Waals surface area contributed by atoms with Crippen molar-refractivity contribution in [2.24, 2.45) is 0 Å². The number of rotatable bonds is 1. The van der Waals surface area contributed by atoms with E-state index in [4.69, 9.17) is 0 Å². The van der Waals surface area contributed by atoms with Gasteiger partial charge in [0.05, 0.1) is 0 Å². The standard InChI is InChI=1S/C3H6OS2/c1-2-3(4)6-5/h5H,2H2,1H3. The van der Waals surface area contributed by atoms with Gasteiger partial charge in [0.25, 0.3) is 0 Å². The van der Waals surface area contributed by atoms with Gasteiger partial charge in [-0.15, -0.1) is 11.7 Å². The van der Waals surface area contributed by atoms with E-state index in [1.165, 1.54) is 0 Å². The first-order chi connectivity index (χ1) is 2.81. The van der Waals surface area contributed by atoms with Crippen molar-refractivity contribution in [3.05, 3.63) is 0 Å². The molecule has 0 aliphatic rings. The summed E-state index contributed by atoms with van der Waals surface area (Å²) in [4.78, 5) is 10.1. The van der Waals surface area contributed by atoms with E-state index in [-0.39, 0.29) is 5.12 Å². The van der Waals surface area contributed by atoms with E-state index in [2.05, 4.69) is 11.7 Å². The van der Waals surface area contributed by atoms with Gasteiger partial charge in [-0.3, -0.25) is 4.79 Å². The molecule has 0 saturated heterocycles. The molecule has 0 aliphatic heterocycles. The highest BCUT2D eigenvalue weighted by Crippen LogP contribution is 2.07. The lowest BCUT2D eigenvalue weighted by Crippen LogP contribution is -1.79. The zero-order valence-corrected chi connectivity index (χ0v) is 5.18. The monoisotopic (exact) mass is 122 g/mol. The molecular weight excluding hydrogens is 116 g/mol. The molecule has 0 aromatic heterocycles. The van der Waals surface area contributed by atoms with Gasteiger partial charge in [-0.1, -0.05) is 6.92 Å². The Labute approximate surface area is 46.3 Å². The molecule has 0 bridgehead atoms. The van der Waals surface area contributed by atoms with Crippen LogP contribution in [-0.2, 0) is 4.79 Å². The lowest BCUT2D eigenvalue weighted by atomic mass is 10.6. The first kappa shape index (κ1) is 6.37. The van der Waals surface area contributed by atoms with Crippen LogP contribution in [0.25, 0.3) is 0 Å². The first-order valence-electron chi connectivity index (χ1n) is 1.65. The van der Waals surface area contributed by atoms with Crippen LogP contribution >= 0.6 is 22.5 Å². The zero-order valence-electron chi connectivity index (χ0n) is 3.47. The maximum atomic E-state index is 10.1. The van der Waals surface area contributed by atoms with Crippen LogP contribution in [-0.4, -0.2) is 5.12 Å². The quantitative estimate of drug-likeness (QED) is 0.419. The summed E-state index contributed by atoms with van der Waals surface area (Å²) < 4.78 is 0. The second-order valence-electron chi connectivity index (χ2n) is 0.817. The largest absolute Gasteiger partial charge is 0.286 e. The minimum absolute atomic E-state index is 0.123. The Kier molecular flexibility index (Phi) is 3.78. The molecule has 0 aromatic carbocycles. The molecule has 0 rings (SSSR count). The lowest BCUT2D eigenvalue weighted by Gasteiger charge is -1.79. The van der Waals surface area contributed by atoms with Crippen molar-refractivity contribution in [2.45, 2.75) is 13.3 Å². The van der Waals surface area contributed by atoms with Crippen LogP contribution in [0.1, 0.15) is 13.3 Å². The van der Waals surface area contributed by atoms with E-state index >= 15 is 0 Å². The van der Waals surface area contributed by atoms with E-state index < -0.39 is 0 Å². The van der Waals surface area contributed by atoms with Gasteiger partial charge in [0.15, 0.2) is 5.12 Å². The highest BCUT2D eigenvalue weighted by molar-refractivity contribution is 8.74. The van der Waals surface area contributed by atoms with Crippen LogP contribution in [0.4, 0.5) is 0 Å². The summed E-state index contributed by atoms with van der Waals surface area (Å²) in [5.74, 6) is 0. The minimum Gasteiger partial charge on any atom is -0.286 e. The highest BCUT2D eigenvalue weighted by atomic mass is 33.1. The summed E-state index contributed by atoms with van der Waals surface area (Å²) in [6.45, 7) is 1.81. The maximum Gasteiger partial charge on any atom is 0.198 e. The third-order valence-electron chi connectivity index (χ3n) is 0.390. The van der Waals surface area contributed by atoms with Crippen LogP contribution < -0.4 is 0 Å². The third kappa shape index (κ3) is 2.60. The molecule has 0 N–H and O–H groups in total. The molecule has 0 heterocycles. The van der Waals surface area contributed by atoms with E-state index in [1.54, 1.807) is 0 Å². The molecule has 0 unspecified atom stereocenters. The van der Waals surface area contributed by atoms with Crippen molar-refractivity contribution in [1.29, 1.82) is 0 Å². The zero-order chi connectivity index (χ0) is 4.99. The molecule has 0 aromatic rings. The third-order valence-corrected chi connectivity index (χ3v) is 1.49. The van der Waals surface area contributed by atoms with E-state index in [1.807, 2.05) is 6.92 Å². The normalized spacial score (nSPS) is 8.33. The second-order valence-corrected chi connectivity index (χ2v) is 2.00. The van der Waals surface area contributed by atoms with Crippen molar-refractivity contribution in [3.63, 3.8) is 0 Å². The number of thiol groups is 1. The van der Waals surface area contributed by atoms with E-state index in [0.717, 1.165) is 10.8 Å². The SMILES string of the molecule is CCC(=O)SS. The number of hydrogen-bond donors (Lipinski definition) is 1. The van der Waals surface area contributed by atoms with Crippen LogP contribution in [0.3, 0.4) is 0 Å². The van der Waals surface area contributed by atoms with E-state index in [9.17, 15) is 4.79 Å². The molecule has 6 heavy (non-hydrogen) atoms. The molecule has 0 spiro atoms. The highest BCUT2D eigenvalue weighted by Gasteiger charge is 1.88. The Morgan fingerprint density at radius 2 is 2.50 bits per heavy atom. The maximum absolute atomic E-state index is 10.1. The van der Waals surface area contributed by atoms with Crippen molar-refractivity contribution in [1.82, 2.24) is 0 Å². The average Bonchev–Trinajstić information content (AvgIpc) is 1.65. The van der Waals surface area contributed by atoms with Gasteiger partial charge in [0.2, 0.25) is 0 Å². The Balaban J connectivity index is 2.99. The van der Waals surface area contributed by atoms with Gasteiger partial charge in [-0.25, -0.2) is 0 Å². The lowest BCUT2D eigenvalue weighted by molar-refractivity contribution is -0.110. The number of carbonyl (C=O) groups excluding carboxylic acids is 1. The molecule has 0 aliphatic carbocycles. The summed E-state index contributed by atoms with van der Waals surface area (Å²) in [6.07, 6.45) is 0.578. The van der Waals surface area contributed by atoms with Crippen LogP contribution in [0.2, 0.25) is 0 Å². The molecule has 0 saturated carbocycles. The van der Waals surface area contributed by atoms with Gasteiger partial charge in [0.1, 0.15) is 0 Å². The first-order valence-corrected chi connectivity index (χ1v) is 3.52. The van der Waals surface area contributed by atoms with Crippen molar-refractivity contribution >= 4 is 27.6 Å². The second kappa shape index (κ2) is 3.56. The van der Waals surface area contributed by atoms with Crippen LogP contribution in [0, 0.1) is 0 Å². The summed E-state index contributed by atoms with van der Waals surface area (Å²) in [6, 6.07) is 0. The van der Waals surface area contributed by atoms with Gasteiger partial charge < -0.3 is 0 Å². The predicted octanol–water partition coefficient (Wildman–Crippen LogP) is 1.50. The van der Waals surface area contributed by atoms with Crippen molar-refractivity contribution in [3.8, 4) is 0 Å². The molecule has 36 valence electrons. The fourth-order valence-electron chi connectivity index (χ4n) is 0.0645. The number of hydrogen-bond acceptors (Lipinski definition) is 3. The summed E-state index contributed by atoms with van der Waals surface area (Å²) in [5.41, 5.74) is 0. The van der Waals surface area contributed by atoms with E-state index in [0.29, 0.717) is 6.42 Å². The van der Waals surface area contributed by atoms with Gasteiger partial charge >= 0.3 is 0 Å². The smallest absolute Gasteiger partial charge is 0.198 e. The van der Waals surface area contributed by atoms with Gasteiger partial charge in [-0.05, 0) is 10.8 Å². The van der Waals surface area contributed by atoms with Crippen LogP contribution in [0.15, 0.2) is 0 Å².